The van der Waals surface area contributed by atoms with E-state index in [1.165, 1.54) is 32.1 Å². The summed E-state index contributed by atoms with van der Waals surface area (Å²) < 4.78 is 3.75. The van der Waals surface area contributed by atoms with E-state index in [1.807, 2.05) is 47.2 Å². The number of H-pyrrole nitrogens is 1. The number of rotatable bonds is 6. The molecule has 0 aliphatic heterocycles. The number of nitrogens with one attached hydrogen (secondary N) is 2. The van der Waals surface area contributed by atoms with E-state index in [-0.39, 0.29) is 5.69 Å². The van der Waals surface area contributed by atoms with Gasteiger partial charge in [0.2, 0.25) is 0 Å². The second-order valence-electron chi connectivity index (χ2n) is 8.61. The van der Waals surface area contributed by atoms with Crippen LogP contribution in [0.3, 0.4) is 0 Å². The van der Waals surface area contributed by atoms with Gasteiger partial charge in [-0.15, -0.1) is 0 Å². The van der Waals surface area contributed by atoms with Gasteiger partial charge in [0.1, 0.15) is 11.5 Å². The summed E-state index contributed by atoms with van der Waals surface area (Å²) in [4.78, 5) is 13.1. The molecule has 0 saturated heterocycles. The molecule has 1 fully saturated rings. The smallest absolute Gasteiger partial charge is 0.329 e. The Morgan fingerprint density at radius 2 is 1.72 bits per heavy atom. The normalized spacial score (nSPS) is 14.8. The van der Waals surface area contributed by atoms with E-state index in [1.54, 1.807) is 0 Å². The third-order valence-electron chi connectivity index (χ3n) is 6.71. The van der Waals surface area contributed by atoms with Crippen LogP contribution in [0.5, 0.6) is 0 Å². The molecule has 1 aliphatic carbocycles. The number of fused-ring (bicyclic) bond motifs is 1. The lowest BCUT2D eigenvalue weighted by atomic mass is 9.94. The Balaban J connectivity index is 1.76. The van der Waals surface area contributed by atoms with Crippen LogP contribution in [0.2, 0.25) is 0 Å². The zero-order valence-corrected chi connectivity index (χ0v) is 18.9. The van der Waals surface area contributed by atoms with Gasteiger partial charge in [0.25, 0.3) is 0 Å². The summed E-state index contributed by atoms with van der Waals surface area (Å²) in [5, 5.41) is 11.8. The lowest BCUT2D eigenvalue weighted by Crippen LogP contribution is -2.23. The third-order valence-corrected chi connectivity index (χ3v) is 6.71. The fraction of sp³-hybridized carbons (Fsp3) is 0.385. The minimum absolute atomic E-state index is 0.0454. The second kappa shape index (κ2) is 8.69. The SMILES string of the molecule is CCn1c(=O)n(CC)c2c(-c3c(-c4ccccc4)n[nH]c3NC3CCCCC3)cccc21. The topological polar surface area (TPSA) is 67.6 Å². The van der Waals surface area contributed by atoms with Crippen LogP contribution >= 0.6 is 0 Å². The summed E-state index contributed by atoms with van der Waals surface area (Å²) in [6.07, 6.45) is 6.19. The zero-order chi connectivity index (χ0) is 22.1. The van der Waals surface area contributed by atoms with Gasteiger partial charge in [-0.2, -0.15) is 5.10 Å². The molecule has 32 heavy (non-hydrogen) atoms. The van der Waals surface area contributed by atoms with E-state index < -0.39 is 0 Å². The van der Waals surface area contributed by atoms with Gasteiger partial charge in [0.05, 0.1) is 16.6 Å². The Morgan fingerprint density at radius 1 is 0.969 bits per heavy atom. The van der Waals surface area contributed by atoms with Crippen LogP contribution in [-0.4, -0.2) is 25.4 Å². The molecule has 0 atom stereocenters. The number of benzene rings is 2. The zero-order valence-electron chi connectivity index (χ0n) is 18.9. The van der Waals surface area contributed by atoms with Crippen molar-refractivity contribution >= 4 is 16.9 Å². The van der Waals surface area contributed by atoms with Crippen molar-refractivity contribution in [3.63, 3.8) is 0 Å². The van der Waals surface area contributed by atoms with Gasteiger partial charge in [-0.1, -0.05) is 61.7 Å². The standard InChI is InChI=1S/C26H31N5O/c1-3-30-21-17-11-16-20(24(21)31(4-2)26(30)32)22-23(18-12-7-5-8-13-18)28-29-25(22)27-19-14-9-6-10-15-19/h5,7-8,11-13,16-17,19H,3-4,6,9-10,14-15H2,1-2H3,(H2,27,28,29). The number of anilines is 1. The number of para-hydroxylation sites is 1. The van der Waals surface area contributed by atoms with Crippen molar-refractivity contribution < 1.29 is 0 Å². The summed E-state index contributed by atoms with van der Waals surface area (Å²) in [6.45, 7) is 5.34. The summed E-state index contributed by atoms with van der Waals surface area (Å²) in [5.74, 6) is 0.947. The van der Waals surface area contributed by atoms with Gasteiger partial charge < -0.3 is 5.32 Å². The highest BCUT2D eigenvalue weighted by molar-refractivity contribution is 6.00. The molecule has 1 saturated carbocycles. The molecule has 0 amide bonds. The first kappa shape index (κ1) is 20.6. The van der Waals surface area contributed by atoms with Crippen LogP contribution in [0.4, 0.5) is 5.82 Å². The lowest BCUT2D eigenvalue weighted by molar-refractivity contribution is 0.462. The van der Waals surface area contributed by atoms with Crippen molar-refractivity contribution in [2.75, 3.05) is 5.32 Å². The Kier molecular flexibility index (Phi) is 5.60. The number of hydrogen-bond acceptors (Lipinski definition) is 3. The molecule has 4 aromatic rings. The minimum Gasteiger partial charge on any atom is -0.367 e. The average Bonchev–Trinajstić information content (AvgIpc) is 3.37. The third kappa shape index (κ3) is 3.44. The number of nitrogens with zero attached hydrogens (tertiary/aromatic N) is 3. The molecule has 6 nitrogen and oxygen atoms in total. The number of aromatic amines is 1. The molecule has 5 rings (SSSR count). The van der Waals surface area contributed by atoms with E-state index >= 15 is 0 Å². The first-order chi connectivity index (χ1) is 15.7. The highest BCUT2D eigenvalue weighted by Gasteiger charge is 2.24. The van der Waals surface area contributed by atoms with Crippen LogP contribution in [0.1, 0.15) is 46.0 Å². The summed E-state index contributed by atoms with van der Waals surface area (Å²) >= 11 is 0. The maximum absolute atomic E-state index is 13.1. The van der Waals surface area contributed by atoms with Crippen LogP contribution in [-0.2, 0) is 13.1 Å². The monoisotopic (exact) mass is 429 g/mol. The lowest BCUT2D eigenvalue weighted by Gasteiger charge is -2.23. The van der Waals surface area contributed by atoms with E-state index in [0.717, 1.165) is 39.2 Å². The Morgan fingerprint density at radius 3 is 2.44 bits per heavy atom. The quantitative estimate of drug-likeness (QED) is 0.416. The van der Waals surface area contributed by atoms with Gasteiger partial charge in [-0.05, 0) is 32.8 Å². The molecule has 2 aromatic heterocycles. The fourth-order valence-corrected chi connectivity index (χ4v) is 5.14. The average molecular weight is 430 g/mol. The summed E-state index contributed by atoms with van der Waals surface area (Å²) in [6, 6.07) is 16.9. The predicted octanol–water partition coefficient (Wildman–Crippen LogP) is 5.64. The van der Waals surface area contributed by atoms with Gasteiger partial charge >= 0.3 is 5.69 Å². The van der Waals surface area contributed by atoms with Crippen molar-refractivity contribution in [3.05, 3.63) is 59.0 Å². The molecule has 0 bridgehead atoms. The first-order valence-corrected chi connectivity index (χ1v) is 11.9. The molecule has 0 unspecified atom stereocenters. The molecule has 6 heteroatoms. The van der Waals surface area contributed by atoms with E-state index in [9.17, 15) is 4.79 Å². The Labute approximate surface area is 188 Å². The van der Waals surface area contributed by atoms with Crippen molar-refractivity contribution in [1.29, 1.82) is 0 Å². The van der Waals surface area contributed by atoms with E-state index in [0.29, 0.717) is 19.1 Å². The minimum atomic E-state index is 0.0454. The van der Waals surface area contributed by atoms with Crippen molar-refractivity contribution in [1.82, 2.24) is 19.3 Å². The van der Waals surface area contributed by atoms with Crippen molar-refractivity contribution in [2.45, 2.75) is 65.1 Å². The Bertz CT molecular complexity index is 1280. The Hall–Kier alpha value is -3.28. The van der Waals surface area contributed by atoms with Gasteiger partial charge in [0.15, 0.2) is 0 Å². The number of aryl methyl sites for hydroxylation is 2. The van der Waals surface area contributed by atoms with E-state index in [2.05, 4.69) is 34.7 Å². The molecule has 2 N–H and O–H groups in total. The second-order valence-corrected chi connectivity index (χ2v) is 8.61. The van der Waals surface area contributed by atoms with Crippen LogP contribution in [0.15, 0.2) is 53.3 Å². The molecule has 0 radical (unpaired) electrons. The fourth-order valence-electron chi connectivity index (χ4n) is 5.14. The summed E-state index contributed by atoms with van der Waals surface area (Å²) in [5.41, 5.74) is 6.06. The molecule has 166 valence electrons. The number of imidazole rings is 1. The maximum atomic E-state index is 13.1. The highest BCUT2D eigenvalue weighted by atomic mass is 16.1. The maximum Gasteiger partial charge on any atom is 0.329 e. The molecule has 2 aromatic carbocycles. The van der Waals surface area contributed by atoms with E-state index in [4.69, 9.17) is 5.10 Å². The summed E-state index contributed by atoms with van der Waals surface area (Å²) in [7, 11) is 0. The van der Waals surface area contributed by atoms with Crippen molar-refractivity contribution in [2.24, 2.45) is 0 Å². The largest absolute Gasteiger partial charge is 0.367 e. The molecule has 1 aliphatic rings. The molecular weight excluding hydrogens is 398 g/mol. The van der Waals surface area contributed by atoms with Crippen LogP contribution in [0.25, 0.3) is 33.4 Å². The first-order valence-electron chi connectivity index (χ1n) is 11.9. The van der Waals surface area contributed by atoms with Crippen LogP contribution < -0.4 is 11.0 Å². The van der Waals surface area contributed by atoms with Crippen molar-refractivity contribution in [3.8, 4) is 22.4 Å². The highest BCUT2D eigenvalue weighted by Crippen LogP contribution is 2.40. The van der Waals surface area contributed by atoms with Crippen LogP contribution in [0, 0.1) is 0 Å². The molecular formula is C26H31N5O. The molecule has 0 spiro atoms. The molecule has 2 heterocycles. The van der Waals surface area contributed by atoms with Gasteiger partial charge in [-0.25, -0.2) is 4.79 Å². The number of hydrogen-bond donors (Lipinski definition) is 2. The predicted molar refractivity (Wildman–Crippen MR) is 131 cm³/mol. The van der Waals surface area contributed by atoms with Gasteiger partial charge in [-0.3, -0.25) is 14.2 Å². The number of aromatic nitrogens is 4. The van der Waals surface area contributed by atoms with Gasteiger partial charge in [0, 0.05) is 30.3 Å².